The van der Waals surface area contributed by atoms with Crippen LogP contribution in [0.5, 0.6) is 0 Å². The lowest BCUT2D eigenvalue weighted by atomic mass is 10.2. The Balaban J connectivity index is 1.60. The molecule has 136 valence electrons. The molecule has 2 aromatic heterocycles. The third-order valence-corrected chi connectivity index (χ3v) is 4.78. The van der Waals surface area contributed by atoms with Gasteiger partial charge in [0, 0.05) is 17.3 Å². The van der Waals surface area contributed by atoms with Crippen LogP contribution in [-0.2, 0) is 10.0 Å². The molecule has 0 radical (unpaired) electrons. The van der Waals surface area contributed by atoms with Gasteiger partial charge in [-0.1, -0.05) is 12.1 Å². The molecule has 0 saturated heterocycles. The Morgan fingerprint density at radius 1 is 1.04 bits per heavy atom. The largest absolute Gasteiger partial charge is 0.339 e. The van der Waals surface area contributed by atoms with Gasteiger partial charge < -0.3 is 10.6 Å². The molecule has 10 heteroatoms. The number of nitrogens with one attached hydrogen (secondary N) is 3. The predicted octanol–water partition coefficient (Wildman–Crippen LogP) is 2.49. The summed E-state index contributed by atoms with van der Waals surface area (Å²) in [7, 11) is -3.86. The highest BCUT2D eigenvalue weighted by atomic mass is 32.2. The highest BCUT2D eigenvalue weighted by molar-refractivity contribution is 7.89. The average molecular weight is 381 g/mol. The summed E-state index contributed by atoms with van der Waals surface area (Å²) in [5.74, 6) is 0.776. The van der Waals surface area contributed by atoms with Gasteiger partial charge in [0.15, 0.2) is 0 Å². The summed E-state index contributed by atoms with van der Waals surface area (Å²) in [6, 6.07) is 13.7. The quantitative estimate of drug-likeness (QED) is 0.416. The van der Waals surface area contributed by atoms with E-state index in [4.69, 9.17) is 5.14 Å². The van der Waals surface area contributed by atoms with E-state index in [0.29, 0.717) is 17.5 Å². The van der Waals surface area contributed by atoms with Gasteiger partial charge >= 0.3 is 0 Å². The summed E-state index contributed by atoms with van der Waals surface area (Å²) in [4.78, 5) is 8.53. The Morgan fingerprint density at radius 2 is 1.89 bits per heavy atom. The van der Waals surface area contributed by atoms with Gasteiger partial charge in [-0.05, 0) is 36.4 Å². The first-order valence-electron chi connectivity index (χ1n) is 7.91. The molecule has 0 amide bonds. The van der Waals surface area contributed by atoms with Crippen LogP contribution in [0.4, 0.5) is 23.1 Å². The molecule has 0 atom stereocenters. The monoisotopic (exact) mass is 381 g/mol. The van der Waals surface area contributed by atoms with Crippen LogP contribution in [0.25, 0.3) is 10.9 Å². The van der Waals surface area contributed by atoms with E-state index in [-0.39, 0.29) is 4.90 Å². The molecule has 4 rings (SSSR count). The molecular weight excluding hydrogens is 366 g/mol. The normalized spacial score (nSPS) is 11.4. The van der Waals surface area contributed by atoms with Crippen molar-refractivity contribution in [3.63, 3.8) is 0 Å². The zero-order valence-electron chi connectivity index (χ0n) is 13.9. The smallest absolute Gasteiger partial charge is 0.240 e. The summed E-state index contributed by atoms with van der Waals surface area (Å²) in [6.45, 7) is 0. The maximum Gasteiger partial charge on any atom is 0.240 e. The molecule has 27 heavy (non-hydrogen) atoms. The van der Waals surface area contributed by atoms with Gasteiger partial charge in [0.1, 0.15) is 10.7 Å². The Bertz CT molecular complexity index is 1220. The topological polar surface area (TPSA) is 139 Å². The lowest BCUT2D eigenvalue weighted by molar-refractivity contribution is 0.598. The Labute approximate surface area is 154 Å². The van der Waals surface area contributed by atoms with Crippen LogP contribution in [0.2, 0.25) is 0 Å². The van der Waals surface area contributed by atoms with Crippen molar-refractivity contribution in [2.75, 3.05) is 10.6 Å². The van der Waals surface area contributed by atoms with Gasteiger partial charge in [-0.2, -0.15) is 10.1 Å². The minimum atomic E-state index is -3.86. The van der Waals surface area contributed by atoms with Gasteiger partial charge in [-0.15, -0.1) is 0 Å². The molecule has 0 aliphatic rings. The van der Waals surface area contributed by atoms with Gasteiger partial charge in [0.2, 0.25) is 16.0 Å². The minimum absolute atomic E-state index is 0.0113. The molecular formula is C17H15N7O2S. The SMILES string of the molecule is NS(=O)(=O)c1ccccc1Nc1ccnc(Nc2ccc3cn[nH]c3c2)n1. The van der Waals surface area contributed by atoms with Crippen LogP contribution in [0, 0.1) is 0 Å². The van der Waals surface area contributed by atoms with Crippen molar-refractivity contribution in [2.45, 2.75) is 4.90 Å². The second-order valence-corrected chi connectivity index (χ2v) is 7.26. The summed E-state index contributed by atoms with van der Waals surface area (Å²) in [5, 5.41) is 19.2. The molecule has 2 aromatic carbocycles. The first kappa shape index (κ1) is 16.9. The highest BCUT2D eigenvalue weighted by Gasteiger charge is 2.13. The van der Waals surface area contributed by atoms with Crippen molar-refractivity contribution in [3.8, 4) is 0 Å². The molecule has 2 heterocycles. The number of hydrogen-bond donors (Lipinski definition) is 4. The third kappa shape index (κ3) is 3.71. The number of H-pyrrole nitrogens is 1. The Morgan fingerprint density at radius 3 is 2.74 bits per heavy atom. The number of aromatic amines is 1. The number of sulfonamides is 1. The molecule has 5 N–H and O–H groups in total. The van der Waals surface area contributed by atoms with Gasteiger partial charge in [0.05, 0.1) is 17.4 Å². The zero-order valence-corrected chi connectivity index (χ0v) is 14.7. The minimum Gasteiger partial charge on any atom is -0.339 e. The van der Waals surface area contributed by atoms with E-state index >= 15 is 0 Å². The van der Waals surface area contributed by atoms with E-state index in [9.17, 15) is 8.42 Å². The lowest BCUT2D eigenvalue weighted by Gasteiger charge is -2.11. The lowest BCUT2D eigenvalue weighted by Crippen LogP contribution is -2.14. The van der Waals surface area contributed by atoms with Gasteiger partial charge in [0.25, 0.3) is 0 Å². The first-order chi connectivity index (χ1) is 13.0. The number of para-hydroxylation sites is 1. The van der Waals surface area contributed by atoms with Crippen LogP contribution in [0.3, 0.4) is 0 Å². The van der Waals surface area contributed by atoms with Crippen molar-refractivity contribution in [3.05, 3.63) is 60.9 Å². The number of rotatable bonds is 5. The Kier molecular flexibility index (Phi) is 4.18. The number of aromatic nitrogens is 4. The maximum atomic E-state index is 11.7. The summed E-state index contributed by atoms with van der Waals surface area (Å²) in [5.41, 5.74) is 2.01. The Hall–Kier alpha value is -3.50. The van der Waals surface area contributed by atoms with Crippen molar-refractivity contribution >= 4 is 44.1 Å². The number of hydrogen-bond acceptors (Lipinski definition) is 7. The molecule has 0 fully saturated rings. The van der Waals surface area contributed by atoms with Crippen molar-refractivity contribution in [2.24, 2.45) is 5.14 Å². The fraction of sp³-hybridized carbons (Fsp3) is 0. The van der Waals surface area contributed by atoms with Crippen LogP contribution < -0.4 is 15.8 Å². The summed E-state index contributed by atoms with van der Waals surface area (Å²) >= 11 is 0. The fourth-order valence-electron chi connectivity index (χ4n) is 2.59. The number of anilines is 4. The molecule has 9 nitrogen and oxygen atoms in total. The molecule has 0 saturated carbocycles. The first-order valence-corrected chi connectivity index (χ1v) is 9.46. The van der Waals surface area contributed by atoms with E-state index in [1.54, 1.807) is 36.7 Å². The zero-order chi connectivity index (χ0) is 18.9. The van der Waals surface area contributed by atoms with Crippen LogP contribution in [0.1, 0.15) is 0 Å². The average Bonchev–Trinajstić information content (AvgIpc) is 3.09. The number of nitrogens with zero attached hydrogens (tertiary/aromatic N) is 3. The summed E-state index contributed by atoms with van der Waals surface area (Å²) < 4.78 is 23.4. The molecule has 0 aliphatic heterocycles. The molecule has 0 aliphatic carbocycles. The molecule has 0 spiro atoms. The molecule has 4 aromatic rings. The van der Waals surface area contributed by atoms with Crippen molar-refractivity contribution < 1.29 is 8.42 Å². The van der Waals surface area contributed by atoms with E-state index in [2.05, 4.69) is 30.8 Å². The van der Waals surface area contributed by atoms with Gasteiger partial charge in [-0.25, -0.2) is 18.5 Å². The predicted molar refractivity (Wildman–Crippen MR) is 103 cm³/mol. The standard InChI is InChI=1S/C17H15N7O2S/c18-27(25,26)15-4-2-1-3-13(15)22-16-7-8-19-17(23-16)21-12-6-5-11-10-20-24-14(11)9-12/h1-10H,(H,20,24)(H2,18,25,26)(H2,19,21,22,23). The second kappa shape index (κ2) is 6.67. The third-order valence-electron chi connectivity index (χ3n) is 3.81. The van der Waals surface area contributed by atoms with Crippen molar-refractivity contribution in [1.29, 1.82) is 0 Å². The van der Waals surface area contributed by atoms with Crippen molar-refractivity contribution in [1.82, 2.24) is 20.2 Å². The fourth-order valence-corrected chi connectivity index (χ4v) is 3.28. The van der Waals surface area contributed by atoms with E-state index in [1.165, 1.54) is 6.07 Å². The highest BCUT2D eigenvalue weighted by Crippen LogP contribution is 2.24. The number of fused-ring (bicyclic) bond motifs is 1. The second-order valence-electron chi connectivity index (χ2n) is 5.73. The van der Waals surface area contributed by atoms with Gasteiger partial charge in [-0.3, -0.25) is 5.10 Å². The van der Waals surface area contributed by atoms with E-state index < -0.39 is 10.0 Å². The van der Waals surface area contributed by atoms with Crippen LogP contribution in [-0.4, -0.2) is 28.6 Å². The summed E-state index contributed by atoms with van der Waals surface area (Å²) in [6.07, 6.45) is 3.30. The number of benzene rings is 2. The number of primary sulfonamides is 1. The molecule has 0 unspecified atom stereocenters. The van der Waals surface area contributed by atoms with Crippen LogP contribution in [0.15, 0.2) is 65.8 Å². The molecule has 0 bridgehead atoms. The number of nitrogens with two attached hydrogens (primary N) is 1. The maximum absolute atomic E-state index is 11.7. The van der Waals surface area contributed by atoms with E-state index in [0.717, 1.165) is 16.6 Å². The van der Waals surface area contributed by atoms with E-state index in [1.807, 2.05) is 18.2 Å². The van der Waals surface area contributed by atoms with Crippen LogP contribution >= 0.6 is 0 Å².